The summed E-state index contributed by atoms with van der Waals surface area (Å²) in [6.07, 6.45) is 16.9. The van der Waals surface area contributed by atoms with Crippen LogP contribution < -0.4 is 0 Å². The zero-order valence-electron chi connectivity index (χ0n) is 18.8. The molecule has 0 N–H and O–H groups in total. The zero-order chi connectivity index (χ0) is 20.8. The van der Waals surface area contributed by atoms with Crippen LogP contribution in [0.2, 0.25) is 5.02 Å². The van der Waals surface area contributed by atoms with Crippen LogP contribution in [0.3, 0.4) is 0 Å². The van der Waals surface area contributed by atoms with Gasteiger partial charge in [0, 0.05) is 5.02 Å². The van der Waals surface area contributed by atoms with Crippen LogP contribution in [0.5, 0.6) is 0 Å². The van der Waals surface area contributed by atoms with Crippen LogP contribution in [0, 0.1) is 17.8 Å². The van der Waals surface area contributed by atoms with Gasteiger partial charge in [0.25, 0.3) is 0 Å². The van der Waals surface area contributed by atoms with E-state index in [0.29, 0.717) is 0 Å². The third-order valence-electron chi connectivity index (χ3n) is 8.03. The number of benzene rings is 2. The molecule has 162 valence electrons. The largest absolute Gasteiger partial charge is 0.0843 e. The van der Waals surface area contributed by atoms with Crippen molar-refractivity contribution in [3.63, 3.8) is 0 Å². The molecule has 2 fully saturated rings. The summed E-state index contributed by atoms with van der Waals surface area (Å²) in [5.41, 5.74) is 4.39. The van der Waals surface area contributed by atoms with Crippen LogP contribution in [-0.4, -0.2) is 0 Å². The van der Waals surface area contributed by atoms with E-state index in [1.165, 1.54) is 75.3 Å². The maximum Gasteiger partial charge on any atom is 0.0406 e. The first-order valence-corrected chi connectivity index (χ1v) is 12.9. The monoisotopic (exact) mass is 422 g/mol. The van der Waals surface area contributed by atoms with E-state index in [-0.39, 0.29) is 0 Å². The van der Waals surface area contributed by atoms with Gasteiger partial charge in [-0.15, -0.1) is 0 Å². The van der Waals surface area contributed by atoms with Crippen LogP contribution in [-0.2, 0) is 12.8 Å². The van der Waals surface area contributed by atoms with Crippen molar-refractivity contribution in [1.29, 1.82) is 0 Å². The number of halogens is 1. The normalized spacial score (nSPS) is 27.1. The highest BCUT2D eigenvalue weighted by Crippen LogP contribution is 2.39. The Morgan fingerprint density at radius 1 is 0.633 bits per heavy atom. The number of hydrogen-bond acceptors (Lipinski definition) is 0. The van der Waals surface area contributed by atoms with Crippen molar-refractivity contribution in [1.82, 2.24) is 0 Å². The third-order valence-corrected chi connectivity index (χ3v) is 8.28. The molecule has 0 aliphatic heterocycles. The van der Waals surface area contributed by atoms with E-state index < -0.39 is 0 Å². The van der Waals surface area contributed by atoms with Gasteiger partial charge in [-0.1, -0.05) is 93.4 Å². The molecule has 0 spiro atoms. The fraction of sp³-hybridized carbons (Fsp3) is 0.586. The highest BCUT2D eigenvalue weighted by molar-refractivity contribution is 6.30. The van der Waals surface area contributed by atoms with Crippen molar-refractivity contribution in [3.05, 3.63) is 70.2 Å². The van der Waals surface area contributed by atoms with Crippen LogP contribution in [0.4, 0.5) is 0 Å². The van der Waals surface area contributed by atoms with Gasteiger partial charge in [-0.3, -0.25) is 0 Å². The van der Waals surface area contributed by atoms with Gasteiger partial charge in [-0.05, 0) is 91.0 Å². The van der Waals surface area contributed by atoms with Crippen molar-refractivity contribution in [2.45, 2.75) is 89.9 Å². The van der Waals surface area contributed by atoms with Crippen molar-refractivity contribution in [2.24, 2.45) is 17.8 Å². The molecule has 1 heteroatoms. The molecular weight excluding hydrogens is 384 g/mol. The summed E-state index contributed by atoms with van der Waals surface area (Å²) < 4.78 is 0. The highest BCUT2D eigenvalue weighted by Gasteiger charge is 2.24. The predicted octanol–water partition coefficient (Wildman–Crippen LogP) is 9.01. The fourth-order valence-electron chi connectivity index (χ4n) is 5.77. The summed E-state index contributed by atoms with van der Waals surface area (Å²) in [5, 5.41) is 0.821. The Balaban J connectivity index is 1.18. The van der Waals surface area contributed by atoms with E-state index in [9.17, 15) is 0 Å². The molecule has 2 aromatic rings. The lowest BCUT2D eigenvalue weighted by Gasteiger charge is -2.31. The zero-order valence-corrected chi connectivity index (χ0v) is 19.5. The molecule has 2 aromatic carbocycles. The van der Waals surface area contributed by atoms with Gasteiger partial charge in [-0.25, -0.2) is 0 Å². The van der Waals surface area contributed by atoms with Gasteiger partial charge in [0.2, 0.25) is 0 Å². The molecule has 0 atom stereocenters. The average Bonchev–Trinajstić information content (AvgIpc) is 2.79. The van der Waals surface area contributed by atoms with Gasteiger partial charge in [0.1, 0.15) is 0 Å². The molecular formula is C29H39Cl. The van der Waals surface area contributed by atoms with Crippen molar-refractivity contribution in [2.75, 3.05) is 0 Å². The van der Waals surface area contributed by atoms with Gasteiger partial charge >= 0.3 is 0 Å². The first-order valence-electron chi connectivity index (χ1n) is 12.5. The molecule has 0 amide bonds. The summed E-state index contributed by atoms with van der Waals surface area (Å²) in [4.78, 5) is 0. The van der Waals surface area contributed by atoms with E-state index in [2.05, 4.69) is 43.3 Å². The summed E-state index contributed by atoms with van der Waals surface area (Å²) in [7, 11) is 0. The quantitative estimate of drug-likeness (QED) is 0.417. The molecule has 2 aliphatic carbocycles. The van der Waals surface area contributed by atoms with Crippen LogP contribution in [0.1, 0.15) is 93.7 Å². The van der Waals surface area contributed by atoms with Gasteiger partial charge in [0.05, 0.1) is 0 Å². The van der Waals surface area contributed by atoms with E-state index >= 15 is 0 Å². The Morgan fingerprint density at radius 3 is 1.63 bits per heavy atom. The molecule has 0 radical (unpaired) electrons. The van der Waals surface area contributed by atoms with Gasteiger partial charge in [-0.2, -0.15) is 0 Å². The Labute approximate surface area is 189 Å². The smallest absolute Gasteiger partial charge is 0.0406 e. The predicted molar refractivity (Wildman–Crippen MR) is 130 cm³/mol. The first-order chi connectivity index (χ1) is 14.7. The lowest BCUT2D eigenvalue weighted by atomic mass is 9.74. The Kier molecular flexibility index (Phi) is 7.94. The van der Waals surface area contributed by atoms with E-state index in [4.69, 9.17) is 11.6 Å². The minimum absolute atomic E-state index is 0.794. The van der Waals surface area contributed by atoms with Crippen LogP contribution in [0.15, 0.2) is 48.5 Å². The second-order valence-electron chi connectivity index (χ2n) is 10.3. The maximum atomic E-state index is 5.99. The second-order valence-corrected chi connectivity index (χ2v) is 10.7. The van der Waals surface area contributed by atoms with Gasteiger partial charge < -0.3 is 0 Å². The number of hydrogen-bond donors (Lipinski definition) is 0. The maximum absolute atomic E-state index is 5.99. The van der Waals surface area contributed by atoms with E-state index in [1.54, 1.807) is 5.56 Å². The molecule has 0 nitrogen and oxygen atoms in total. The molecule has 0 unspecified atom stereocenters. The molecule has 4 rings (SSSR count). The van der Waals surface area contributed by atoms with Crippen molar-refractivity contribution in [3.8, 4) is 0 Å². The Bertz CT molecular complexity index is 744. The van der Waals surface area contributed by atoms with Crippen LogP contribution >= 0.6 is 11.6 Å². The number of aryl methyl sites for hydroxylation is 2. The average molecular weight is 423 g/mol. The summed E-state index contributed by atoms with van der Waals surface area (Å²) >= 11 is 5.99. The SMILES string of the molecule is C[C@H]1CC[C@H](CCC2CCC(c3ccc(CCc4ccc(Cl)cc4)cc3)CC2)CC1. The van der Waals surface area contributed by atoms with Crippen molar-refractivity contribution < 1.29 is 0 Å². The standard InChI is InChI=1S/C29H39Cl/c1-22-2-4-23(5-3-22)6-7-24-10-16-27(17-11-24)28-18-12-25(13-19-28)8-9-26-14-20-29(30)21-15-26/h12-15,18-24,27H,2-11,16-17H2,1H3/t22-,23-,24?,27?. The molecule has 30 heavy (non-hydrogen) atoms. The van der Waals surface area contributed by atoms with Crippen LogP contribution in [0.25, 0.3) is 0 Å². The topological polar surface area (TPSA) is 0 Å². The van der Waals surface area contributed by atoms with E-state index in [0.717, 1.165) is 41.5 Å². The first kappa shape index (κ1) is 21.9. The molecule has 0 aromatic heterocycles. The third kappa shape index (κ3) is 6.36. The fourth-order valence-corrected chi connectivity index (χ4v) is 5.90. The number of rotatable bonds is 7. The summed E-state index contributed by atoms with van der Waals surface area (Å²) in [6, 6.07) is 17.8. The second kappa shape index (κ2) is 10.9. The minimum Gasteiger partial charge on any atom is -0.0843 e. The highest BCUT2D eigenvalue weighted by atomic mass is 35.5. The molecule has 2 aliphatic rings. The lowest BCUT2D eigenvalue weighted by Crippen LogP contribution is -2.17. The van der Waals surface area contributed by atoms with E-state index in [1.807, 2.05) is 12.1 Å². The molecule has 0 heterocycles. The van der Waals surface area contributed by atoms with Crippen molar-refractivity contribution >= 4 is 11.6 Å². The Hall–Kier alpha value is -1.27. The molecule has 0 bridgehead atoms. The molecule has 0 saturated heterocycles. The lowest BCUT2D eigenvalue weighted by molar-refractivity contribution is 0.237. The summed E-state index contributed by atoms with van der Waals surface area (Å²) in [5.74, 6) is 3.82. The Morgan fingerprint density at radius 2 is 1.10 bits per heavy atom. The minimum atomic E-state index is 0.794. The summed E-state index contributed by atoms with van der Waals surface area (Å²) in [6.45, 7) is 2.43. The van der Waals surface area contributed by atoms with Gasteiger partial charge in [0.15, 0.2) is 0 Å². The molecule has 2 saturated carbocycles.